The Morgan fingerprint density at radius 2 is 1.75 bits per heavy atom. The van der Waals surface area contributed by atoms with E-state index in [0.717, 1.165) is 22.1 Å². The highest BCUT2D eigenvalue weighted by Crippen LogP contribution is 2.33. The standard InChI is InChI=1S/C18H22BrN3O2/c1-4-12-5-7-14(8-6-12)22-18(20)21-11-13-9-16(23-2)17(24-3)10-15(13)19/h5-10H,4,11H2,1-3H3,(H3,20,21,22). The van der Waals surface area contributed by atoms with E-state index in [1.165, 1.54) is 5.56 Å². The summed E-state index contributed by atoms with van der Waals surface area (Å²) in [5.74, 6) is 1.69. The molecule has 0 unspecified atom stereocenters. The first-order chi connectivity index (χ1) is 11.6. The van der Waals surface area contributed by atoms with E-state index in [4.69, 9.17) is 15.2 Å². The van der Waals surface area contributed by atoms with Gasteiger partial charge in [-0.1, -0.05) is 35.0 Å². The molecule has 2 aromatic carbocycles. The van der Waals surface area contributed by atoms with Crippen molar-refractivity contribution in [3.63, 3.8) is 0 Å². The summed E-state index contributed by atoms with van der Waals surface area (Å²) in [7, 11) is 3.21. The lowest BCUT2D eigenvalue weighted by molar-refractivity contribution is 0.354. The average molecular weight is 392 g/mol. The van der Waals surface area contributed by atoms with E-state index in [-0.39, 0.29) is 0 Å². The Morgan fingerprint density at radius 1 is 1.12 bits per heavy atom. The van der Waals surface area contributed by atoms with Gasteiger partial charge in [-0.3, -0.25) is 0 Å². The molecular weight excluding hydrogens is 370 g/mol. The molecule has 0 aliphatic rings. The minimum Gasteiger partial charge on any atom is -0.493 e. The Balaban J connectivity index is 2.08. The van der Waals surface area contributed by atoms with Crippen molar-refractivity contribution in [2.24, 2.45) is 10.7 Å². The van der Waals surface area contributed by atoms with Crippen molar-refractivity contribution in [2.75, 3.05) is 19.5 Å². The number of anilines is 1. The number of nitrogens with one attached hydrogen (secondary N) is 1. The first-order valence-electron chi connectivity index (χ1n) is 7.63. The van der Waals surface area contributed by atoms with Crippen LogP contribution in [0.25, 0.3) is 0 Å². The van der Waals surface area contributed by atoms with Crippen molar-refractivity contribution >= 4 is 27.6 Å². The van der Waals surface area contributed by atoms with Gasteiger partial charge in [-0.15, -0.1) is 0 Å². The van der Waals surface area contributed by atoms with Gasteiger partial charge in [0.1, 0.15) is 0 Å². The third-order valence-electron chi connectivity index (χ3n) is 3.61. The molecule has 5 nitrogen and oxygen atoms in total. The zero-order valence-electron chi connectivity index (χ0n) is 14.1. The summed E-state index contributed by atoms with van der Waals surface area (Å²) < 4.78 is 11.5. The molecular formula is C18H22BrN3O2. The number of aryl methyl sites for hydroxylation is 1. The van der Waals surface area contributed by atoms with Crippen molar-refractivity contribution in [1.82, 2.24) is 0 Å². The summed E-state index contributed by atoms with van der Waals surface area (Å²) >= 11 is 3.52. The molecule has 24 heavy (non-hydrogen) atoms. The predicted octanol–water partition coefficient (Wildman–Crippen LogP) is 3.96. The molecule has 0 amide bonds. The summed E-state index contributed by atoms with van der Waals surface area (Å²) in [6.45, 7) is 2.55. The second kappa shape index (κ2) is 8.59. The first kappa shape index (κ1) is 18.1. The fourth-order valence-corrected chi connectivity index (χ4v) is 2.65. The Morgan fingerprint density at radius 3 is 2.33 bits per heavy atom. The number of methoxy groups -OCH3 is 2. The summed E-state index contributed by atoms with van der Waals surface area (Å²) in [5.41, 5.74) is 9.12. The maximum absolute atomic E-state index is 5.97. The summed E-state index contributed by atoms with van der Waals surface area (Å²) in [6.07, 6.45) is 1.01. The molecule has 0 saturated carbocycles. The molecule has 0 spiro atoms. The van der Waals surface area contributed by atoms with Crippen LogP contribution >= 0.6 is 15.9 Å². The number of halogens is 1. The number of hydrogen-bond donors (Lipinski definition) is 2. The molecule has 0 atom stereocenters. The molecule has 0 radical (unpaired) electrons. The second-order valence-electron chi connectivity index (χ2n) is 5.18. The number of hydrogen-bond acceptors (Lipinski definition) is 3. The van der Waals surface area contributed by atoms with Crippen molar-refractivity contribution in [3.05, 3.63) is 52.0 Å². The highest BCUT2D eigenvalue weighted by molar-refractivity contribution is 9.10. The number of guanidine groups is 1. The fourth-order valence-electron chi connectivity index (χ4n) is 2.20. The van der Waals surface area contributed by atoms with Crippen molar-refractivity contribution in [3.8, 4) is 11.5 Å². The summed E-state index contributed by atoms with van der Waals surface area (Å²) in [5, 5.41) is 3.09. The monoisotopic (exact) mass is 391 g/mol. The van der Waals surface area contributed by atoms with Crippen LogP contribution in [0, 0.1) is 0 Å². The SMILES string of the molecule is CCc1ccc(NC(N)=NCc2cc(OC)c(OC)cc2Br)cc1. The van der Waals surface area contributed by atoms with E-state index in [1.807, 2.05) is 24.3 Å². The van der Waals surface area contributed by atoms with Gasteiger partial charge in [0.05, 0.1) is 20.8 Å². The number of rotatable bonds is 6. The Kier molecular flexibility index (Phi) is 6.49. The molecule has 2 aromatic rings. The number of benzene rings is 2. The molecule has 0 fully saturated rings. The van der Waals surface area contributed by atoms with Gasteiger partial charge in [0.2, 0.25) is 0 Å². The Labute approximate surface area is 151 Å². The highest BCUT2D eigenvalue weighted by atomic mass is 79.9. The van der Waals surface area contributed by atoms with Gasteiger partial charge in [0.15, 0.2) is 17.5 Å². The van der Waals surface area contributed by atoms with Crippen molar-refractivity contribution in [1.29, 1.82) is 0 Å². The number of ether oxygens (including phenoxy) is 2. The highest BCUT2D eigenvalue weighted by Gasteiger charge is 2.09. The van der Waals surface area contributed by atoms with Gasteiger partial charge in [-0.05, 0) is 41.8 Å². The lowest BCUT2D eigenvalue weighted by Crippen LogP contribution is -2.22. The molecule has 2 rings (SSSR count). The van der Waals surface area contributed by atoms with Crippen molar-refractivity contribution in [2.45, 2.75) is 19.9 Å². The number of nitrogens with zero attached hydrogens (tertiary/aromatic N) is 1. The van der Waals surface area contributed by atoms with E-state index in [2.05, 4.69) is 45.3 Å². The minimum atomic E-state index is 0.362. The van der Waals surface area contributed by atoms with Crippen LogP contribution < -0.4 is 20.5 Å². The zero-order chi connectivity index (χ0) is 17.5. The van der Waals surface area contributed by atoms with Crippen LogP contribution in [0.4, 0.5) is 5.69 Å². The lowest BCUT2D eigenvalue weighted by Gasteiger charge is -2.11. The van der Waals surface area contributed by atoms with Gasteiger partial charge >= 0.3 is 0 Å². The van der Waals surface area contributed by atoms with Gasteiger partial charge in [0, 0.05) is 10.2 Å². The fraction of sp³-hybridized carbons (Fsp3) is 0.278. The molecule has 0 heterocycles. The van der Waals surface area contributed by atoms with Gasteiger partial charge < -0.3 is 20.5 Å². The third kappa shape index (κ3) is 4.64. The Bertz CT molecular complexity index is 715. The quantitative estimate of drug-likeness (QED) is 0.577. The van der Waals surface area contributed by atoms with Crippen LogP contribution in [-0.2, 0) is 13.0 Å². The predicted molar refractivity (Wildman–Crippen MR) is 102 cm³/mol. The lowest BCUT2D eigenvalue weighted by atomic mass is 10.1. The maximum Gasteiger partial charge on any atom is 0.193 e. The summed E-state index contributed by atoms with van der Waals surface area (Å²) in [6, 6.07) is 11.9. The number of nitrogens with two attached hydrogens (primary N) is 1. The van der Waals surface area contributed by atoms with E-state index < -0.39 is 0 Å². The molecule has 3 N–H and O–H groups in total. The smallest absolute Gasteiger partial charge is 0.193 e. The molecule has 6 heteroatoms. The molecule has 128 valence electrons. The van der Waals surface area contributed by atoms with Crippen LogP contribution in [0.5, 0.6) is 11.5 Å². The zero-order valence-corrected chi connectivity index (χ0v) is 15.7. The molecule has 0 aliphatic carbocycles. The minimum absolute atomic E-state index is 0.362. The van der Waals surface area contributed by atoms with Crippen molar-refractivity contribution < 1.29 is 9.47 Å². The van der Waals surface area contributed by atoms with Crippen LogP contribution in [0.3, 0.4) is 0 Å². The molecule has 0 bridgehead atoms. The molecule has 0 saturated heterocycles. The second-order valence-corrected chi connectivity index (χ2v) is 6.03. The van der Waals surface area contributed by atoms with Gasteiger partial charge in [-0.25, -0.2) is 4.99 Å². The van der Waals surface area contributed by atoms with E-state index in [1.54, 1.807) is 14.2 Å². The van der Waals surface area contributed by atoms with Crippen LogP contribution in [0.1, 0.15) is 18.1 Å². The van der Waals surface area contributed by atoms with E-state index in [9.17, 15) is 0 Å². The van der Waals surface area contributed by atoms with E-state index >= 15 is 0 Å². The average Bonchev–Trinajstić information content (AvgIpc) is 2.61. The molecule has 0 aliphatic heterocycles. The topological polar surface area (TPSA) is 68.9 Å². The third-order valence-corrected chi connectivity index (χ3v) is 4.35. The Hall–Kier alpha value is -2.21. The molecule has 0 aromatic heterocycles. The summed E-state index contributed by atoms with van der Waals surface area (Å²) in [4.78, 5) is 4.38. The van der Waals surface area contributed by atoms with Gasteiger partial charge in [-0.2, -0.15) is 0 Å². The maximum atomic E-state index is 5.97. The van der Waals surface area contributed by atoms with Crippen LogP contribution in [0.2, 0.25) is 0 Å². The number of aliphatic imine (C=N–C) groups is 1. The normalized spacial score (nSPS) is 11.2. The van der Waals surface area contributed by atoms with Crippen LogP contribution in [-0.4, -0.2) is 20.2 Å². The van der Waals surface area contributed by atoms with Crippen LogP contribution in [0.15, 0.2) is 45.9 Å². The van der Waals surface area contributed by atoms with Gasteiger partial charge in [0.25, 0.3) is 0 Å². The first-order valence-corrected chi connectivity index (χ1v) is 8.43. The largest absolute Gasteiger partial charge is 0.493 e. The van der Waals surface area contributed by atoms with E-state index in [0.29, 0.717) is 24.0 Å².